The number of furan rings is 1. The van der Waals surface area contributed by atoms with Crippen molar-refractivity contribution < 1.29 is 22.4 Å². The van der Waals surface area contributed by atoms with Gasteiger partial charge in [-0.05, 0) is 42.5 Å². The second-order valence-electron chi connectivity index (χ2n) is 6.07. The molecule has 0 unspecified atom stereocenters. The largest absolute Gasteiger partial charge is 0.495 e. The molecule has 7 nitrogen and oxygen atoms in total. The Morgan fingerprint density at radius 2 is 1.89 bits per heavy atom. The van der Waals surface area contributed by atoms with Crippen molar-refractivity contribution in [3.8, 4) is 5.75 Å². The molecule has 0 atom stereocenters. The van der Waals surface area contributed by atoms with Gasteiger partial charge in [-0.2, -0.15) is 0 Å². The Bertz CT molecular complexity index is 1060. The minimum atomic E-state index is -3.90. The van der Waals surface area contributed by atoms with Gasteiger partial charge in [-0.1, -0.05) is 18.2 Å². The van der Waals surface area contributed by atoms with Gasteiger partial charge in [0.1, 0.15) is 11.5 Å². The van der Waals surface area contributed by atoms with Gasteiger partial charge in [0.15, 0.2) is 0 Å². The zero-order valence-corrected chi connectivity index (χ0v) is 16.3. The molecule has 0 saturated heterocycles. The highest BCUT2D eigenvalue weighted by atomic mass is 32.2. The van der Waals surface area contributed by atoms with Gasteiger partial charge in [0.05, 0.1) is 30.5 Å². The summed E-state index contributed by atoms with van der Waals surface area (Å²) in [7, 11) is -0.813. The molecule has 0 aliphatic carbocycles. The maximum Gasteiger partial charge on any atom is 0.262 e. The molecule has 0 bridgehead atoms. The van der Waals surface area contributed by atoms with E-state index < -0.39 is 10.0 Å². The van der Waals surface area contributed by atoms with Crippen molar-refractivity contribution in [2.24, 2.45) is 0 Å². The van der Waals surface area contributed by atoms with Crippen molar-refractivity contribution in [3.05, 3.63) is 78.3 Å². The van der Waals surface area contributed by atoms with Gasteiger partial charge in [0, 0.05) is 12.6 Å². The number of nitrogens with zero attached hydrogens (tertiary/aromatic N) is 1. The van der Waals surface area contributed by atoms with Crippen LogP contribution in [0.5, 0.6) is 5.75 Å². The number of rotatable bonds is 7. The lowest BCUT2D eigenvalue weighted by Crippen LogP contribution is -2.26. The normalized spacial score (nSPS) is 11.1. The molecule has 0 spiro atoms. The zero-order chi connectivity index (χ0) is 20.1. The first-order valence-electron chi connectivity index (χ1n) is 8.44. The Morgan fingerprint density at radius 1 is 1.11 bits per heavy atom. The first-order chi connectivity index (χ1) is 13.4. The summed E-state index contributed by atoms with van der Waals surface area (Å²) in [6.07, 6.45) is 1.53. The van der Waals surface area contributed by atoms with Crippen molar-refractivity contribution in [3.63, 3.8) is 0 Å². The predicted octanol–water partition coefficient (Wildman–Crippen LogP) is 3.36. The van der Waals surface area contributed by atoms with Crippen LogP contribution in [-0.4, -0.2) is 33.4 Å². The number of methoxy groups -OCH3 is 1. The molecule has 146 valence electrons. The van der Waals surface area contributed by atoms with Gasteiger partial charge in [-0.15, -0.1) is 0 Å². The van der Waals surface area contributed by atoms with Crippen LogP contribution in [0.25, 0.3) is 0 Å². The summed E-state index contributed by atoms with van der Waals surface area (Å²) in [6, 6.07) is 16.1. The van der Waals surface area contributed by atoms with Crippen LogP contribution in [0.4, 0.5) is 5.69 Å². The number of benzene rings is 2. The van der Waals surface area contributed by atoms with Crippen molar-refractivity contribution in [1.29, 1.82) is 0 Å². The number of sulfonamides is 1. The fourth-order valence-electron chi connectivity index (χ4n) is 2.66. The summed E-state index contributed by atoms with van der Waals surface area (Å²) in [5.41, 5.74) is 0.577. The van der Waals surface area contributed by atoms with Crippen molar-refractivity contribution >= 4 is 21.6 Å². The summed E-state index contributed by atoms with van der Waals surface area (Å²) in [4.78, 5) is 14.1. The van der Waals surface area contributed by atoms with E-state index in [9.17, 15) is 13.2 Å². The van der Waals surface area contributed by atoms with Gasteiger partial charge in [-0.3, -0.25) is 9.52 Å². The molecular formula is C20H20N2O5S. The highest BCUT2D eigenvalue weighted by Crippen LogP contribution is 2.26. The molecule has 3 rings (SSSR count). The predicted molar refractivity (Wildman–Crippen MR) is 105 cm³/mol. The van der Waals surface area contributed by atoms with E-state index in [0.29, 0.717) is 17.2 Å². The number of nitrogens with one attached hydrogen (secondary N) is 1. The van der Waals surface area contributed by atoms with Gasteiger partial charge in [0.25, 0.3) is 15.9 Å². The highest BCUT2D eigenvalue weighted by molar-refractivity contribution is 7.92. The Balaban J connectivity index is 1.82. The van der Waals surface area contributed by atoms with Gasteiger partial charge in [-0.25, -0.2) is 8.42 Å². The van der Waals surface area contributed by atoms with Crippen LogP contribution in [0, 0.1) is 0 Å². The molecule has 0 fully saturated rings. The third-order valence-electron chi connectivity index (χ3n) is 4.06. The number of anilines is 1. The Morgan fingerprint density at radius 3 is 2.61 bits per heavy atom. The SMILES string of the molecule is COc1ccccc1NS(=O)(=O)c1cccc(C(=O)N(C)Cc2ccco2)c1. The molecule has 0 aliphatic heterocycles. The van der Waals surface area contributed by atoms with E-state index in [1.165, 1.54) is 36.5 Å². The molecule has 0 aliphatic rings. The Labute approximate surface area is 163 Å². The minimum absolute atomic E-state index is 0.0179. The van der Waals surface area contributed by atoms with E-state index in [4.69, 9.17) is 9.15 Å². The molecule has 3 aromatic rings. The summed E-state index contributed by atoms with van der Waals surface area (Å²) in [5.74, 6) is 0.722. The maximum atomic E-state index is 12.8. The van der Waals surface area contributed by atoms with Crippen LogP contribution < -0.4 is 9.46 Å². The van der Waals surface area contributed by atoms with Gasteiger partial charge in [0.2, 0.25) is 0 Å². The first kappa shape index (κ1) is 19.5. The average Bonchev–Trinajstić information content (AvgIpc) is 3.20. The first-order valence-corrected chi connectivity index (χ1v) is 9.93. The monoisotopic (exact) mass is 400 g/mol. The molecule has 1 N–H and O–H groups in total. The summed E-state index contributed by atoms with van der Waals surface area (Å²) >= 11 is 0. The van der Waals surface area contributed by atoms with Crippen molar-refractivity contribution in [2.75, 3.05) is 18.9 Å². The summed E-state index contributed by atoms with van der Waals surface area (Å²) in [6.45, 7) is 0.280. The van der Waals surface area contributed by atoms with E-state index in [2.05, 4.69) is 4.72 Å². The molecule has 1 amide bonds. The lowest BCUT2D eigenvalue weighted by molar-refractivity contribution is 0.0775. The average molecular weight is 400 g/mol. The summed E-state index contributed by atoms with van der Waals surface area (Å²) in [5, 5.41) is 0. The Hall–Kier alpha value is -3.26. The number of hydrogen-bond donors (Lipinski definition) is 1. The summed E-state index contributed by atoms with van der Waals surface area (Å²) < 4.78 is 38.4. The number of ether oxygens (including phenoxy) is 1. The number of carbonyl (C=O) groups is 1. The topological polar surface area (TPSA) is 88.8 Å². The quantitative estimate of drug-likeness (QED) is 0.657. The van der Waals surface area contributed by atoms with Gasteiger partial charge < -0.3 is 14.1 Å². The second kappa shape index (κ2) is 8.18. The standard InChI is InChI=1S/C20H20N2O5S/c1-22(14-16-8-6-12-27-16)20(23)15-7-5-9-17(13-15)28(24,25)21-18-10-3-4-11-19(18)26-2/h3-13,21H,14H2,1-2H3. The second-order valence-corrected chi connectivity index (χ2v) is 7.76. The minimum Gasteiger partial charge on any atom is -0.495 e. The highest BCUT2D eigenvalue weighted by Gasteiger charge is 2.20. The third kappa shape index (κ3) is 4.34. The van der Waals surface area contributed by atoms with Crippen molar-refractivity contribution in [1.82, 2.24) is 4.90 Å². The Kier molecular flexibility index (Phi) is 5.70. The van der Waals surface area contributed by atoms with Crippen LogP contribution in [0.1, 0.15) is 16.1 Å². The fraction of sp³-hybridized carbons (Fsp3) is 0.150. The van der Waals surface area contributed by atoms with E-state index in [-0.39, 0.29) is 22.9 Å². The van der Waals surface area contributed by atoms with Crippen LogP contribution in [0.3, 0.4) is 0 Å². The number of para-hydroxylation sites is 2. The molecule has 1 aromatic heterocycles. The lowest BCUT2D eigenvalue weighted by atomic mass is 10.2. The maximum absolute atomic E-state index is 12.8. The van der Waals surface area contributed by atoms with Crippen LogP contribution in [0.2, 0.25) is 0 Å². The fourth-order valence-corrected chi connectivity index (χ4v) is 3.77. The molecule has 2 aromatic carbocycles. The van der Waals surface area contributed by atoms with Crippen molar-refractivity contribution in [2.45, 2.75) is 11.4 Å². The van der Waals surface area contributed by atoms with Crippen LogP contribution in [-0.2, 0) is 16.6 Å². The number of hydrogen-bond acceptors (Lipinski definition) is 5. The molecule has 1 heterocycles. The van der Waals surface area contributed by atoms with E-state index >= 15 is 0 Å². The van der Waals surface area contributed by atoms with E-state index in [1.807, 2.05) is 0 Å². The van der Waals surface area contributed by atoms with Crippen LogP contribution in [0.15, 0.2) is 76.2 Å². The van der Waals surface area contributed by atoms with E-state index in [0.717, 1.165) is 0 Å². The third-order valence-corrected chi connectivity index (χ3v) is 5.43. The lowest BCUT2D eigenvalue weighted by Gasteiger charge is -2.16. The van der Waals surface area contributed by atoms with E-state index in [1.54, 1.807) is 49.5 Å². The molecular weight excluding hydrogens is 380 g/mol. The number of carbonyl (C=O) groups excluding carboxylic acids is 1. The number of amides is 1. The smallest absolute Gasteiger partial charge is 0.262 e. The van der Waals surface area contributed by atoms with Crippen LogP contribution >= 0.6 is 0 Å². The molecule has 28 heavy (non-hydrogen) atoms. The molecule has 0 saturated carbocycles. The van der Waals surface area contributed by atoms with Gasteiger partial charge >= 0.3 is 0 Å². The zero-order valence-electron chi connectivity index (χ0n) is 15.5. The molecule has 8 heteroatoms. The molecule has 0 radical (unpaired) electrons.